The predicted octanol–water partition coefficient (Wildman–Crippen LogP) is 3.64. The van der Waals surface area contributed by atoms with E-state index in [-0.39, 0.29) is 11.3 Å². The fourth-order valence-corrected chi connectivity index (χ4v) is 3.15. The van der Waals surface area contributed by atoms with Crippen LogP contribution >= 0.6 is 0 Å². The molecule has 0 aromatic heterocycles. The van der Waals surface area contributed by atoms with Crippen molar-refractivity contribution in [2.45, 2.75) is 19.3 Å². The average molecular weight is 311 g/mol. The van der Waals surface area contributed by atoms with Crippen molar-refractivity contribution in [2.75, 3.05) is 25.7 Å². The molecule has 1 aliphatic rings. The Bertz CT molecular complexity index is 752. The summed E-state index contributed by atoms with van der Waals surface area (Å²) in [4.78, 5) is 14.8. The van der Waals surface area contributed by atoms with Crippen LogP contribution in [0, 0.1) is 0 Å². The Balaban J connectivity index is 1.99. The minimum absolute atomic E-state index is 0.0241. The van der Waals surface area contributed by atoms with Gasteiger partial charge in [-0.1, -0.05) is 32.0 Å². The van der Waals surface area contributed by atoms with Crippen LogP contribution in [0.2, 0.25) is 0 Å². The summed E-state index contributed by atoms with van der Waals surface area (Å²) >= 11 is 0. The van der Waals surface area contributed by atoms with Crippen molar-refractivity contribution in [1.82, 2.24) is 0 Å². The van der Waals surface area contributed by atoms with Gasteiger partial charge in [0.15, 0.2) is 11.5 Å². The molecule has 0 N–H and O–H groups in total. The minimum atomic E-state index is -0.0528. The summed E-state index contributed by atoms with van der Waals surface area (Å²) in [6, 6.07) is 13.4. The second-order valence-corrected chi connectivity index (χ2v) is 6.36. The molecule has 0 unspecified atom stereocenters. The van der Waals surface area contributed by atoms with Gasteiger partial charge in [-0.25, -0.2) is 0 Å². The fraction of sp³-hybridized carbons (Fsp3) is 0.316. The number of anilines is 1. The summed E-state index contributed by atoms with van der Waals surface area (Å²) in [6.45, 7) is 4.99. The van der Waals surface area contributed by atoms with Gasteiger partial charge in [0.2, 0.25) is 0 Å². The fourth-order valence-electron chi connectivity index (χ4n) is 3.15. The van der Waals surface area contributed by atoms with E-state index in [1.807, 2.05) is 23.1 Å². The number of carbonyl (C=O) groups excluding carboxylic acids is 1. The van der Waals surface area contributed by atoms with E-state index in [0.717, 1.165) is 5.69 Å². The summed E-state index contributed by atoms with van der Waals surface area (Å²) in [7, 11) is 3.15. The molecule has 120 valence electrons. The number of para-hydroxylation sites is 1. The zero-order valence-corrected chi connectivity index (χ0v) is 13.9. The molecule has 0 fully saturated rings. The van der Waals surface area contributed by atoms with E-state index in [2.05, 4.69) is 19.9 Å². The van der Waals surface area contributed by atoms with Crippen LogP contribution in [-0.2, 0) is 5.41 Å². The predicted molar refractivity (Wildman–Crippen MR) is 90.7 cm³/mol. The van der Waals surface area contributed by atoms with E-state index in [1.54, 1.807) is 32.4 Å². The molecule has 2 aromatic rings. The first-order valence-corrected chi connectivity index (χ1v) is 7.61. The van der Waals surface area contributed by atoms with E-state index in [4.69, 9.17) is 9.47 Å². The van der Waals surface area contributed by atoms with E-state index in [1.165, 1.54) is 5.56 Å². The molecule has 4 nitrogen and oxygen atoms in total. The Labute approximate surface area is 136 Å². The van der Waals surface area contributed by atoms with E-state index < -0.39 is 0 Å². The van der Waals surface area contributed by atoms with Gasteiger partial charge in [0.1, 0.15) is 0 Å². The van der Waals surface area contributed by atoms with E-state index >= 15 is 0 Å². The van der Waals surface area contributed by atoms with Gasteiger partial charge in [0, 0.05) is 23.2 Å². The number of benzene rings is 2. The largest absolute Gasteiger partial charge is 0.493 e. The van der Waals surface area contributed by atoms with Crippen LogP contribution in [-0.4, -0.2) is 26.7 Å². The quantitative estimate of drug-likeness (QED) is 0.868. The van der Waals surface area contributed by atoms with Crippen LogP contribution < -0.4 is 14.4 Å². The number of hydrogen-bond donors (Lipinski definition) is 0. The molecule has 1 aliphatic heterocycles. The van der Waals surface area contributed by atoms with Crippen molar-refractivity contribution in [3.05, 3.63) is 53.6 Å². The number of fused-ring (bicyclic) bond motifs is 1. The number of carbonyl (C=O) groups is 1. The molecule has 23 heavy (non-hydrogen) atoms. The monoisotopic (exact) mass is 311 g/mol. The molecule has 1 heterocycles. The second-order valence-electron chi connectivity index (χ2n) is 6.36. The number of methoxy groups -OCH3 is 2. The van der Waals surface area contributed by atoms with Crippen LogP contribution in [0.1, 0.15) is 29.8 Å². The summed E-state index contributed by atoms with van der Waals surface area (Å²) in [6.07, 6.45) is 0. The van der Waals surface area contributed by atoms with Gasteiger partial charge in [-0.2, -0.15) is 0 Å². The molecule has 0 aliphatic carbocycles. The Morgan fingerprint density at radius 3 is 2.43 bits per heavy atom. The Morgan fingerprint density at radius 2 is 1.74 bits per heavy atom. The third-order valence-electron chi connectivity index (χ3n) is 4.35. The lowest BCUT2D eigenvalue weighted by Crippen LogP contribution is -2.33. The molecular weight excluding hydrogens is 290 g/mol. The van der Waals surface area contributed by atoms with Crippen molar-refractivity contribution in [3.8, 4) is 11.5 Å². The Kier molecular flexibility index (Phi) is 3.76. The summed E-state index contributed by atoms with van der Waals surface area (Å²) in [5.41, 5.74) is 2.73. The molecule has 0 spiro atoms. The van der Waals surface area contributed by atoms with Gasteiger partial charge in [0.05, 0.1) is 14.2 Å². The Morgan fingerprint density at radius 1 is 1.04 bits per heavy atom. The molecule has 0 bridgehead atoms. The first kappa shape index (κ1) is 15.4. The van der Waals surface area contributed by atoms with E-state index in [0.29, 0.717) is 23.6 Å². The maximum atomic E-state index is 13.0. The minimum Gasteiger partial charge on any atom is -0.493 e. The van der Waals surface area contributed by atoms with Gasteiger partial charge < -0.3 is 14.4 Å². The number of amides is 1. The number of ether oxygens (including phenoxy) is 2. The molecule has 0 saturated heterocycles. The highest BCUT2D eigenvalue weighted by Crippen LogP contribution is 2.41. The number of hydrogen-bond acceptors (Lipinski definition) is 3. The molecule has 0 radical (unpaired) electrons. The molecule has 2 aromatic carbocycles. The molecule has 1 amide bonds. The van der Waals surface area contributed by atoms with Crippen molar-refractivity contribution in [3.63, 3.8) is 0 Å². The van der Waals surface area contributed by atoms with Crippen molar-refractivity contribution >= 4 is 11.6 Å². The first-order chi connectivity index (χ1) is 11.0. The smallest absolute Gasteiger partial charge is 0.258 e. The molecule has 3 rings (SSSR count). The van der Waals surface area contributed by atoms with Gasteiger partial charge in [-0.3, -0.25) is 4.79 Å². The molecule has 4 heteroatoms. The first-order valence-electron chi connectivity index (χ1n) is 7.61. The van der Waals surface area contributed by atoms with Gasteiger partial charge in [0.25, 0.3) is 5.91 Å². The van der Waals surface area contributed by atoms with Crippen LogP contribution in [0.15, 0.2) is 42.5 Å². The number of rotatable bonds is 3. The number of nitrogens with zero attached hydrogens (tertiary/aromatic N) is 1. The molecular formula is C19H21NO3. The van der Waals surface area contributed by atoms with Gasteiger partial charge in [-0.15, -0.1) is 0 Å². The van der Waals surface area contributed by atoms with Crippen LogP contribution in [0.4, 0.5) is 5.69 Å². The zero-order chi connectivity index (χ0) is 16.6. The van der Waals surface area contributed by atoms with Crippen LogP contribution in [0.25, 0.3) is 0 Å². The third-order valence-corrected chi connectivity index (χ3v) is 4.35. The van der Waals surface area contributed by atoms with Crippen molar-refractivity contribution in [2.24, 2.45) is 0 Å². The highest BCUT2D eigenvalue weighted by molar-refractivity contribution is 6.08. The summed E-state index contributed by atoms with van der Waals surface area (Å²) < 4.78 is 10.5. The van der Waals surface area contributed by atoms with Crippen LogP contribution in [0.3, 0.4) is 0 Å². The molecule has 0 saturated carbocycles. The standard InChI is InChI=1S/C19H21NO3/c1-19(2)12-20(15-8-6-5-7-14(15)19)18(21)13-9-10-16(22-3)17(11-13)23-4/h5-11H,12H2,1-4H3. The second kappa shape index (κ2) is 5.61. The highest BCUT2D eigenvalue weighted by atomic mass is 16.5. The van der Waals surface area contributed by atoms with E-state index in [9.17, 15) is 4.79 Å². The topological polar surface area (TPSA) is 38.8 Å². The normalized spacial score (nSPS) is 15.2. The van der Waals surface area contributed by atoms with Gasteiger partial charge in [-0.05, 0) is 29.8 Å². The maximum absolute atomic E-state index is 13.0. The average Bonchev–Trinajstić information content (AvgIpc) is 2.85. The SMILES string of the molecule is COc1ccc(C(=O)N2CC(C)(C)c3ccccc32)cc1OC. The third kappa shape index (κ3) is 2.54. The van der Waals surface area contributed by atoms with Gasteiger partial charge >= 0.3 is 0 Å². The van der Waals surface area contributed by atoms with Crippen molar-refractivity contribution in [1.29, 1.82) is 0 Å². The summed E-state index contributed by atoms with van der Waals surface area (Å²) in [5, 5.41) is 0. The highest BCUT2D eigenvalue weighted by Gasteiger charge is 2.38. The lowest BCUT2D eigenvalue weighted by Gasteiger charge is -2.21. The lowest BCUT2D eigenvalue weighted by molar-refractivity contribution is 0.0985. The molecule has 0 atom stereocenters. The maximum Gasteiger partial charge on any atom is 0.258 e. The van der Waals surface area contributed by atoms with Crippen LogP contribution in [0.5, 0.6) is 11.5 Å². The zero-order valence-electron chi connectivity index (χ0n) is 13.9. The van der Waals surface area contributed by atoms with Crippen molar-refractivity contribution < 1.29 is 14.3 Å². The summed E-state index contributed by atoms with van der Waals surface area (Å²) in [5.74, 6) is 1.15. The lowest BCUT2D eigenvalue weighted by atomic mass is 9.87. The Hall–Kier alpha value is -2.49.